The number of ether oxygens (including phenoxy) is 3. The van der Waals surface area contributed by atoms with Crippen LogP contribution in [0, 0.1) is 0 Å². The van der Waals surface area contributed by atoms with E-state index in [0.717, 1.165) is 10.1 Å². The second-order valence-electron chi connectivity index (χ2n) is 6.39. The van der Waals surface area contributed by atoms with Gasteiger partial charge in [0.05, 0.1) is 36.9 Å². The fourth-order valence-corrected chi connectivity index (χ4v) is 3.08. The quantitative estimate of drug-likeness (QED) is 0.695. The summed E-state index contributed by atoms with van der Waals surface area (Å²) in [5, 5.41) is 10.2. The summed E-state index contributed by atoms with van der Waals surface area (Å²) in [5.74, 6) is 0.223. The SMILES string of the molecule is O[C@H](COCc1ccc2c(c1)OCO2)Cn1c(C(F)(F)F)nc2ccccc21. The van der Waals surface area contributed by atoms with Crippen molar-refractivity contribution in [1.29, 1.82) is 0 Å². The van der Waals surface area contributed by atoms with E-state index in [2.05, 4.69) is 4.98 Å². The number of para-hydroxylation sites is 2. The van der Waals surface area contributed by atoms with Crippen LogP contribution in [0.5, 0.6) is 11.5 Å². The van der Waals surface area contributed by atoms with Gasteiger partial charge >= 0.3 is 6.18 Å². The van der Waals surface area contributed by atoms with Crippen molar-refractivity contribution in [1.82, 2.24) is 9.55 Å². The molecule has 2 aromatic carbocycles. The van der Waals surface area contributed by atoms with E-state index in [1.54, 1.807) is 30.3 Å². The van der Waals surface area contributed by atoms with Crippen molar-refractivity contribution in [3.05, 3.63) is 53.9 Å². The summed E-state index contributed by atoms with van der Waals surface area (Å²) in [7, 11) is 0. The first-order valence-electron chi connectivity index (χ1n) is 8.58. The van der Waals surface area contributed by atoms with Gasteiger partial charge in [0.25, 0.3) is 0 Å². The predicted molar refractivity (Wildman–Crippen MR) is 93.0 cm³/mol. The first kappa shape index (κ1) is 18.6. The fraction of sp³-hybridized carbons (Fsp3) is 0.316. The zero-order chi connectivity index (χ0) is 19.7. The maximum absolute atomic E-state index is 13.3. The van der Waals surface area contributed by atoms with Crippen molar-refractivity contribution in [3.63, 3.8) is 0 Å². The molecule has 0 amide bonds. The van der Waals surface area contributed by atoms with E-state index in [4.69, 9.17) is 14.2 Å². The van der Waals surface area contributed by atoms with Gasteiger partial charge in [0.2, 0.25) is 12.6 Å². The lowest BCUT2D eigenvalue weighted by Crippen LogP contribution is -2.25. The van der Waals surface area contributed by atoms with E-state index >= 15 is 0 Å². The Kier molecular flexibility index (Phi) is 4.86. The van der Waals surface area contributed by atoms with E-state index in [1.165, 1.54) is 12.1 Å². The second kappa shape index (κ2) is 7.33. The highest BCUT2D eigenvalue weighted by Gasteiger charge is 2.37. The highest BCUT2D eigenvalue weighted by Crippen LogP contribution is 2.33. The molecule has 0 radical (unpaired) electrons. The minimum atomic E-state index is -4.62. The van der Waals surface area contributed by atoms with E-state index in [9.17, 15) is 18.3 Å². The molecule has 1 atom stereocenters. The minimum Gasteiger partial charge on any atom is -0.454 e. The maximum atomic E-state index is 13.3. The molecule has 1 aliphatic heterocycles. The van der Waals surface area contributed by atoms with Gasteiger partial charge in [-0.15, -0.1) is 0 Å². The lowest BCUT2D eigenvalue weighted by Gasteiger charge is -2.16. The highest BCUT2D eigenvalue weighted by atomic mass is 19.4. The maximum Gasteiger partial charge on any atom is 0.449 e. The van der Waals surface area contributed by atoms with Crippen LogP contribution in [-0.4, -0.2) is 34.2 Å². The number of rotatable bonds is 6. The lowest BCUT2D eigenvalue weighted by molar-refractivity contribution is -0.147. The number of hydrogen-bond donors (Lipinski definition) is 1. The average Bonchev–Trinajstić information content (AvgIpc) is 3.26. The molecular formula is C19H17F3N2O4. The van der Waals surface area contributed by atoms with Gasteiger partial charge in [0.1, 0.15) is 0 Å². The highest BCUT2D eigenvalue weighted by molar-refractivity contribution is 5.76. The molecule has 0 saturated heterocycles. The topological polar surface area (TPSA) is 65.7 Å². The number of imidazole rings is 1. The molecule has 0 unspecified atom stereocenters. The third-order valence-corrected chi connectivity index (χ3v) is 4.32. The first-order valence-corrected chi connectivity index (χ1v) is 8.58. The lowest BCUT2D eigenvalue weighted by atomic mass is 10.2. The zero-order valence-corrected chi connectivity index (χ0v) is 14.6. The molecule has 0 saturated carbocycles. The summed E-state index contributed by atoms with van der Waals surface area (Å²) in [6, 6.07) is 11.6. The smallest absolute Gasteiger partial charge is 0.449 e. The van der Waals surface area contributed by atoms with Gasteiger partial charge in [-0.25, -0.2) is 4.98 Å². The Hall–Kier alpha value is -2.78. The Morgan fingerprint density at radius 2 is 1.93 bits per heavy atom. The van der Waals surface area contributed by atoms with Crippen molar-refractivity contribution in [2.45, 2.75) is 25.4 Å². The van der Waals surface area contributed by atoms with Crippen LogP contribution in [0.15, 0.2) is 42.5 Å². The summed E-state index contributed by atoms with van der Waals surface area (Å²) < 4.78 is 56.8. The molecule has 1 aliphatic rings. The Morgan fingerprint density at radius 3 is 2.75 bits per heavy atom. The molecule has 4 rings (SSSR count). The van der Waals surface area contributed by atoms with Crippen LogP contribution in [0.25, 0.3) is 11.0 Å². The van der Waals surface area contributed by atoms with Gasteiger partial charge in [0.15, 0.2) is 11.5 Å². The third-order valence-electron chi connectivity index (χ3n) is 4.32. The number of nitrogens with zero attached hydrogens (tertiary/aromatic N) is 2. The Morgan fingerprint density at radius 1 is 1.14 bits per heavy atom. The van der Waals surface area contributed by atoms with Crippen LogP contribution in [0.3, 0.4) is 0 Å². The number of aliphatic hydroxyl groups is 1. The van der Waals surface area contributed by atoms with Crippen LogP contribution in [0.4, 0.5) is 13.2 Å². The fourth-order valence-electron chi connectivity index (χ4n) is 3.08. The average molecular weight is 394 g/mol. The number of aliphatic hydroxyl groups excluding tert-OH is 1. The summed E-state index contributed by atoms with van der Waals surface area (Å²) in [6.07, 6.45) is -5.75. The molecule has 28 heavy (non-hydrogen) atoms. The van der Waals surface area contributed by atoms with E-state index in [0.29, 0.717) is 17.0 Å². The first-order chi connectivity index (χ1) is 13.4. The van der Waals surface area contributed by atoms with Gasteiger partial charge in [-0.3, -0.25) is 0 Å². The number of fused-ring (bicyclic) bond motifs is 2. The van der Waals surface area contributed by atoms with Crippen molar-refractivity contribution < 1.29 is 32.5 Å². The molecule has 0 aliphatic carbocycles. The molecule has 9 heteroatoms. The van der Waals surface area contributed by atoms with Gasteiger partial charge < -0.3 is 23.9 Å². The molecule has 0 fully saturated rings. The van der Waals surface area contributed by atoms with Crippen LogP contribution in [0.1, 0.15) is 11.4 Å². The molecule has 1 aromatic heterocycles. The van der Waals surface area contributed by atoms with Crippen LogP contribution < -0.4 is 9.47 Å². The molecule has 0 bridgehead atoms. The summed E-state index contributed by atoms with van der Waals surface area (Å²) >= 11 is 0. The molecule has 2 heterocycles. The molecule has 0 spiro atoms. The van der Waals surface area contributed by atoms with E-state index in [-0.39, 0.29) is 32.1 Å². The Balaban J connectivity index is 1.42. The van der Waals surface area contributed by atoms with Gasteiger partial charge in [0, 0.05) is 0 Å². The number of halogens is 3. The predicted octanol–water partition coefficient (Wildman–Crippen LogP) is 3.36. The molecular weight excluding hydrogens is 377 g/mol. The van der Waals surface area contributed by atoms with Gasteiger partial charge in [-0.2, -0.15) is 13.2 Å². The van der Waals surface area contributed by atoms with Gasteiger partial charge in [-0.05, 0) is 29.8 Å². The van der Waals surface area contributed by atoms with Crippen molar-refractivity contribution in [2.24, 2.45) is 0 Å². The van der Waals surface area contributed by atoms with Crippen molar-refractivity contribution in [2.75, 3.05) is 13.4 Å². The number of benzene rings is 2. The summed E-state index contributed by atoms with van der Waals surface area (Å²) in [5.41, 5.74) is 1.34. The Bertz CT molecular complexity index is 987. The normalized spacial score (nSPS) is 14.6. The zero-order valence-electron chi connectivity index (χ0n) is 14.6. The molecule has 3 aromatic rings. The second-order valence-corrected chi connectivity index (χ2v) is 6.39. The molecule has 1 N–H and O–H groups in total. The Labute approximate surface area is 158 Å². The van der Waals surface area contributed by atoms with Crippen molar-refractivity contribution >= 4 is 11.0 Å². The minimum absolute atomic E-state index is 0.127. The van der Waals surface area contributed by atoms with E-state index < -0.39 is 18.1 Å². The third kappa shape index (κ3) is 3.76. The van der Waals surface area contributed by atoms with Crippen LogP contribution in [0.2, 0.25) is 0 Å². The standard InChI is InChI=1S/C19H17F3N2O4/c20-19(21,22)18-23-14-3-1-2-4-15(14)24(18)8-13(25)10-26-9-12-5-6-16-17(7-12)28-11-27-16/h1-7,13,25H,8-11H2/t13-/m0/s1. The van der Waals surface area contributed by atoms with Crippen molar-refractivity contribution in [3.8, 4) is 11.5 Å². The largest absolute Gasteiger partial charge is 0.454 e. The number of aromatic nitrogens is 2. The molecule has 148 valence electrons. The molecule has 6 nitrogen and oxygen atoms in total. The summed E-state index contributed by atoms with van der Waals surface area (Å²) in [6.45, 7) is -0.0575. The van der Waals surface area contributed by atoms with Crippen LogP contribution in [-0.2, 0) is 24.1 Å². The monoisotopic (exact) mass is 394 g/mol. The van der Waals surface area contributed by atoms with Gasteiger partial charge in [-0.1, -0.05) is 18.2 Å². The van der Waals surface area contributed by atoms with Crippen LogP contribution >= 0.6 is 0 Å². The van der Waals surface area contributed by atoms with E-state index in [1.807, 2.05) is 0 Å². The number of alkyl halides is 3. The summed E-state index contributed by atoms with van der Waals surface area (Å²) in [4.78, 5) is 3.66. The number of hydrogen-bond acceptors (Lipinski definition) is 5.